The van der Waals surface area contributed by atoms with Gasteiger partial charge in [-0.15, -0.1) is 0 Å². The first-order chi connectivity index (χ1) is 16.7. The monoisotopic (exact) mass is 485 g/mol. The van der Waals surface area contributed by atoms with E-state index in [9.17, 15) is 27.6 Å². The molecule has 1 fully saturated rings. The molecule has 3 heterocycles. The van der Waals surface area contributed by atoms with Crippen molar-refractivity contribution in [2.75, 3.05) is 5.32 Å². The van der Waals surface area contributed by atoms with E-state index >= 15 is 0 Å². The number of aromatic nitrogens is 2. The van der Waals surface area contributed by atoms with E-state index in [0.29, 0.717) is 16.7 Å². The molecule has 0 radical (unpaired) electrons. The van der Waals surface area contributed by atoms with Crippen LogP contribution >= 0.6 is 0 Å². The fraction of sp³-hybridized carbons (Fsp3) is 0.261. The van der Waals surface area contributed by atoms with Crippen LogP contribution in [0.3, 0.4) is 0 Å². The molecule has 0 saturated carbocycles. The van der Waals surface area contributed by atoms with Gasteiger partial charge < -0.3 is 14.7 Å². The molecule has 0 bridgehead atoms. The first-order valence-corrected chi connectivity index (χ1v) is 10.7. The Bertz CT molecular complexity index is 1320. The lowest BCUT2D eigenvalue weighted by Crippen LogP contribution is -2.52. The van der Waals surface area contributed by atoms with Crippen molar-refractivity contribution in [2.24, 2.45) is 0 Å². The summed E-state index contributed by atoms with van der Waals surface area (Å²) in [7, 11) is 0. The van der Waals surface area contributed by atoms with Crippen molar-refractivity contribution >= 4 is 23.7 Å². The number of piperidine rings is 1. The van der Waals surface area contributed by atoms with Gasteiger partial charge in [0.1, 0.15) is 11.9 Å². The van der Waals surface area contributed by atoms with Gasteiger partial charge in [0.25, 0.3) is 5.91 Å². The Morgan fingerprint density at radius 1 is 1.14 bits per heavy atom. The lowest BCUT2D eigenvalue weighted by atomic mass is 10.0. The second-order valence-electron chi connectivity index (χ2n) is 8.25. The molecule has 2 N–H and O–H groups in total. The summed E-state index contributed by atoms with van der Waals surface area (Å²) < 4.78 is 47.1. The minimum atomic E-state index is -3.58. The summed E-state index contributed by atoms with van der Waals surface area (Å²) >= 11 is 0. The van der Waals surface area contributed by atoms with Crippen LogP contribution in [0.15, 0.2) is 47.0 Å². The summed E-state index contributed by atoms with van der Waals surface area (Å²) in [5.41, 5.74) is 1.40. The number of rotatable bonds is 6. The molecule has 2 aliphatic rings. The zero-order valence-electron chi connectivity index (χ0n) is 18.1. The van der Waals surface area contributed by atoms with E-state index in [2.05, 4.69) is 20.8 Å². The van der Waals surface area contributed by atoms with E-state index in [0.717, 1.165) is 24.3 Å². The second-order valence-corrected chi connectivity index (χ2v) is 8.25. The lowest BCUT2D eigenvalue weighted by Gasteiger charge is -2.29. The van der Waals surface area contributed by atoms with Gasteiger partial charge in [0.2, 0.25) is 17.6 Å². The molecule has 0 aliphatic carbocycles. The molecular formula is C23H18F3N5O4. The number of carbonyl (C=O) groups is 3. The number of carbonyl (C=O) groups excluding carboxylic acids is 3. The van der Waals surface area contributed by atoms with Crippen LogP contribution in [0, 0.1) is 5.82 Å². The number of nitrogens with zero attached hydrogens (tertiary/aromatic N) is 3. The van der Waals surface area contributed by atoms with E-state index in [1.165, 1.54) is 4.90 Å². The predicted molar refractivity (Wildman–Crippen MR) is 114 cm³/mol. The number of nitrogens with one attached hydrogen (secondary N) is 2. The molecule has 12 heteroatoms. The summed E-state index contributed by atoms with van der Waals surface area (Å²) in [5, 5.41) is 8.36. The predicted octanol–water partition coefficient (Wildman–Crippen LogP) is 2.72. The van der Waals surface area contributed by atoms with Gasteiger partial charge in [-0.1, -0.05) is 17.3 Å². The van der Waals surface area contributed by atoms with E-state index < -0.39 is 35.1 Å². The van der Waals surface area contributed by atoms with Gasteiger partial charge >= 0.3 is 11.9 Å². The number of alkyl halides is 2. The summed E-state index contributed by atoms with van der Waals surface area (Å²) in [4.78, 5) is 41.5. The molecule has 1 saturated heterocycles. The molecule has 2 aliphatic heterocycles. The van der Waals surface area contributed by atoms with Gasteiger partial charge in [-0.3, -0.25) is 19.7 Å². The summed E-state index contributed by atoms with van der Waals surface area (Å²) in [6, 6.07) is 7.86. The van der Waals surface area contributed by atoms with Crippen LogP contribution in [0.5, 0.6) is 0 Å². The van der Waals surface area contributed by atoms with Crippen molar-refractivity contribution in [2.45, 2.75) is 37.9 Å². The molecular weight excluding hydrogens is 467 g/mol. The lowest BCUT2D eigenvalue weighted by molar-refractivity contribution is -0.136. The molecule has 1 unspecified atom stereocenters. The molecule has 3 amide bonds. The highest BCUT2D eigenvalue weighted by atomic mass is 19.3. The second kappa shape index (κ2) is 8.53. The zero-order valence-corrected chi connectivity index (χ0v) is 18.1. The molecule has 2 aromatic carbocycles. The van der Waals surface area contributed by atoms with Gasteiger partial charge in [-0.25, -0.2) is 4.39 Å². The summed E-state index contributed by atoms with van der Waals surface area (Å²) in [6.07, 6.45) is 0.430. The first-order valence-electron chi connectivity index (χ1n) is 10.7. The Morgan fingerprint density at radius 3 is 2.66 bits per heavy atom. The van der Waals surface area contributed by atoms with E-state index in [1.54, 1.807) is 18.2 Å². The molecule has 180 valence electrons. The number of benzene rings is 2. The third-order valence-electron chi connectivity index (χ3n) is 5.95. The molecule has 35 heavy (non-hydrogen) atoms. The Kier molecular flexibility index (Phi) is 5.50. The Morgan fingerprint density at radius 2 is 1.91 bits per heavy atom. The van der Waals surface area contributed by atoms with Crippen LogP contribution in [0.2, 0.25) is 0 Å². The van der Waals surface area contributed by atoms with Crippen molar-refractivity contribution in [3.05, 3.63) is 76.4 Å². The average Bonchev–Trinajstić information content (AvgIpc) is 3.43. The third-order valence-corrected chi connectivity index (χ3v) is 5.95. The maximum absolute atomic E-state index is 14.6. The number of anilines is 1. The van der Waals surface area contributed by atoms with Crippen LogP contribution in [-0.2, 0) is 28.6 Å². The van der Waals surface area contributed by atoms with Crippen molar-refractivity contribution in [1.29, 1.82) is 0 Å². The molecule has 1 aromatic heterocycles. The number of halogens is 3. The first kappa shape index (κ1) is 22.6. The summed E-state index contributed by atoms with van der Waals surface area (Å²) in [5.74, 6) is -6.23. The molecule has 0 spiro atoms. The topological polar surface area (TPSA) is 117 Å². The fourth-order valence-corrected chi connectivity index (χ4v) is 4.13. The smallest absolute Gasteiger partial charge is 0.334 e. The number of fused-ring (bicyclic) bond motifs is 1. The average molecular weight is 485 g/mol. The number of hydrogen-bond donors (Lipinski definition) is 2. The summed E-state index contributed by atoms with van der Waals surface area (Å²) in [6.45, 7) is 0.354. The van der Waals surface area contributed by atoms with Gasteiger partial charge in [0.05, 0.1) is 0 Å². The highest BCUT2D eigenvalue weighted by Crippen LogP contribution is 2.34. The maximum atomic E-state index is 14.6. The SMILES string of the molecule is O=C1CCC(N2Cc3cc(CNc4nc(C(F)(F)c5ccc(F)cc5)no4)ccc3C2=O)C(=O)N1. The highest BCUT2D eigenvalue weighted by Gasteiger charge is 2.40. The van der Waals surface area contributed by atoms with Gasteiger partial charge in [0, 0.05) is 30.6 Å². The van der Waals surface area contributed by atoms with Crippen LogP contribution in [0.1, 0.15) is 45.7 Å². The standard InChI is InChI=1S/C23H18F3N5O4/c24-15-4-2-14(3-5-15)23(25,26)21-29-22(35-30-21)27-10-12-1-6-16-13(9-12)11-31(20(16)34)17-7-8-18(32)28-19(17)33/h1-6,9,17H,7-8,10-11H2,(H,27,29,30)(H,28,32,33). The third kappa shape index (κ3) is 4.22. The Labute approximate surface area is 196 Å². The maximum Gasteiger partial charge on any atom is 0.335 e. The van der Waals surface area contributed by atoms with Crippen molar-refractivity contribution < 1.29 is 32.1 Å². The van der Waals surface area contributed by atoms with Crippen LogP contribution < -0.4 is 10.6 Å². The van der Waals surface area contributed by atoms with E-state index in [1.807, 2.05) is 0 Å². The van der Waals surface area contributed by atoms with E-state index in [4.69, 9.17) is 4.52 Å². The number of amides is 3. The van der Waals surface area contributed by atoms with Gasteiger partial charge in [-0.2, -0.15) is 13.8 Å². The Hall–Kier alpha value is -4.22. The fourth-order valence-electron chi connectivity index (χ4n) is 4.13. The van der Waals surface area contributed by atoms with Gasteiger partial charge in [-0.05, 0) is 47.9 Å². The number of imide groups is 1. The van der Waals surface area contributed by atoms with Crippen molar-refractivity contribution in [3.8, 4) is 0 Å². The minimum Gasteiger partial charge on any atom is -0.334 e. The molecule has 9 nitrogen and oxygen atoms in total. The molecule has 3 aromatic rings. The normalized spacial score (nSPS) is 18.0. The Balaban J connectivity index is 1.25. The molecule has 5 rings (SSSR count). The molecule has 1 atom stereocenters. The van der Waals surface area contributed by atoms with Crippen LogP contribution in [0.25, 0.3) is 0 Å². The van der Waals surface area contributed by atoms with Crippen molar-refractivity contribution in [1.82, 2.24) is 20.4 Å². The van der Waals surface area contributed by atoms with Crippen LogP contribution in [0.4, 0.5) is 19.2 Å². The number of hydrogen-bond acceptors (Lipinski definition) is 7. The zero-order chi connectivity index (χ0) is 24.7. The highest BCUT2D eigenvalue weighted by molar-refractivity contribution is 6.05. The minimum absolute atomic E-state index is 0.142. The van der Waals surface area contributed by atoms with Gasteiger partial charge in [0.15, 0.2) is 0 Å². The van der Waals surface area contributed by atoms with Crippen molar-refractivity contribution in [3.63, 3.8) is 0 Å². The van der Waals surface area contributed by atoms with E-state index in [-0.39, 0.29) is 43.8 Å². The van der Waals surface area contributed by atoms with Crippen LogP contribution in [-0.4, -0.2) is 38.8 Å². The largest absolute Gasteiger partial charge is 0.335 e. The quantitative estimate of drug-likeness (QED) is 0.516.